The molecule has 3 aromatic heterocycles. The summed E-state index contributed by atoms with van der Waals surface area (Å²) in [6.45, 7) is 3.18. The highest BCUT2D eigenvalue weighted by Gasteiger charge is 2.10. The van der Waals surface area contributed by atoms with E-state index < -0.39 is 0 Å². The Kier molecular flexibility index (Phi) is 3.78. The quantitative estimate of drug-likeness (QED) is 0.571. The van der Waals surface area contributed by atoms with Gasteiger partial charge in [0.2, 0.25) is 0 Å². The monoisotopic (exact) mass is 335 g/mol. The van der Waals surface area contributed by atoms with Crippen molar-refractivity contribution in [1.82, 2.24) is 14.1 Å². The Hall–Kier alpha value is -2.66. The van der Waals surface area contributed by atoms with E-state index in [9.17, 15) is 4.79 Å². The van der Waals surface area contributed by atoms with Crippen molar-refractivity contribution in [1.29, 1.82) is 0 Å². The van der Waals surface area contributed by atoms with Gasteiger partial charge in [0, 0.05) is 35.4 Å². The van der Waals surface area contributed by atoms with Crippen molar-refractivity contribution in [2.75, 3.05) is 0 Å². The molecule has 0 atom stereocenters. The maximum Gasteiger partial charge on any atom is 0.275 e. The number of aryl methyl sites for hydroxylation is 1. The van der Waals surface area contributed by atoms with Gasteiger partial charge in [-0.05, 0) is 24.6 Å². The van der Waals surface area contributed by atoms with E-state index in [1.165, 1.54) is 5.56 Å². The zero-order chi connectivity index (χ0) is 16.5. The molecule has 4 nitrogen and oxygen atoms in total. The number of fused-ring (bicyclic) bond motifs is 1. The van der Waals surface area contributed by atoms with Crippen molar-refractivity contribution < 1.29 is 0 Å². The summed E-state index contributed by atoms with van der Waals surface area (Å²) in [5.41, 5.74) is 2.95. The average molecular weight is 335 g/mol. The molecule has 0 spiro atoms. The molecule has 0 aliphatic carbocycles. The van der Waals surface area contributed by atoms with Gasteiger partial charge in [0.15, 0.2) is 0 Å². The lowest BCUT2D eigenvalue weighted by atomic mass is 10.2. The largest absolute Gasteiger partial charge is 0.339 e. The summed E-state index contributed by atoms with van der Waals surface area (Å²) in [5, 5.41) is 3.94. The molecule has 0 aliphatic heterocycles. The predicted octanol–water partition coefficient (Wildman–Crippen LogP) is 3.66. The summed E-state index contributed by atoms with van der Waals surface area (Å²) in [5.74, 6) is 0. The molecule has 120 valence electrons. The highest BCUT2D eigenvalue weighted by Crippen LogP contribution is 2.15. The molecule has 5 heteroatoms. The van der Waals surface area contributed by atoms with E-state index in [2.05, 4.69) is 17.1 Å². The third-order valence-corrected chi connectivity index (χ3v) is 5.01. The summed E-state index contributed by atoms with van der Waals surface area (Å²) in [7, 11) is 0. The lowest BCUT2D eigenvalue weighted by Gasteiger charge is -2.08. The first kappa shape index (κ1) is 14.9. The van der Waals surface area contributed by atoms with E-state index in [1.54, 1.807) is 15.9 Å². The summed E-state index contributed by atoms with van der Waals surface area (Å²) in [6.07, 6.45) is 3.84. The lowest BCUT2D eigenvalue weighted by molar-refractivity contribution is 0.746. The molecule has 3 heterocycles. The van der Waals surface area contributed by atoms with E-state index in [0.29, 0.717) is 13.1 Å². The van der Waals surface area contributed by atoms with Gasteiger partial charge in [0.1, 0.15) is 10.5 Å². The molecular formula is C19H17N3OS. The van der Waals surface area contributed by atoms with Gasteiger partial charge < -0.3 is 9.13 Å². The Bertz CT molecular complexity index is 1040. The molecule has 0 radical (unpaired) electrons. The third-order valence-electron chi connectivity index (χ3n) is 4.06. The fourth-order valence-corrected chi connectivity index (χ4v) is 3.67. The van der Waals surface area contributed by atoms with Gasteiger partial charge in [-0.3, -0.25) is 4.79 Å². The maximum absolute atomic E-state index is 12.9. The van der Waals surface area contributed by atoms with Crippen LogP contribution in [0, 0.1) is 6.92 Å². The van der Waals surface area contributed by atoms with Crippen LogP contribution < -0.4 is 5.56 Å². The fourth-order valence-electron chi connectivity index (χ4n) is 2.90. The molecule has 0 aliphatic rings. The van der Waals surface area contributed by atoms with Crippen LogP contribution in [-0.4, -0.2) is 14.1 Å². The number of rotatable bonds is 4. The first-order chi connectivity index (χ1) is 11.7. The van der Waals surface area contributed by atoms with Crippen molar-refractivity contribution in [2.24, 2.45) is 0 Å². The molecule has 4 aromatic rings. The van der Waals surface area contributed by atoms with Crippen molar-refractivity contribution in [3.05, 3.63) is 86.9 Å². The van der Waals surface area contributed by atoms with Crippen molar-refractivity contribution in [2.45, 2.75) is 20.0 Å². The van der Waals surface area contributed by atoms with E-state index in [0.717, 1.165) is 21.6 Å². The Balaban J connectivity index is 1.74. The van der Waals surface area contributed by atoms with Gasteiger partial charge in [-0.15, -0.1) is 11.3 Å². The minimum atomic E-state index is 0.0290. The van der Waals surface area contributed by atoms with Gasteiger partial charge in [-0.25, -0.2) is 4.98 Å². The lowest BCUT2D eigenvalue weighted by Crippen LogP contribution is -2.22. The summed E-state index contributed by atoms with van der Waals surface area (Å²) in [4.78, 5) is 17.4. The zero-order valence-electron chi connectivity index (χ0n) is 13.3. The number of pyridine rings is 1. The second-order valence-corrected chi connectivity index (χ2v) is 6.81. The zero-order valence-corrected chi connectivity index (χ0v) is 14.2. The standard InChI is InChI=1S/C19H17N3OS/c1-14-13-24-17(20-14)12-22-10-8-16-7-9-21(18(16)19(22)23)11-15-5-3-2-4-6-15/h2-10,13H,11-12H2,1H3. The third kappa shape index (κ3) is 2.78. The van der Waals surface area contributed by atoms with Crippen LogP contribution >= 0.6 is 11.3 Å². The molecule has 0 bridgehead atoms. The molecule has 0 unspecified atom stereocenters. The Labute approximate surface area is 143 Å². The van der Waals surface area contributed by atoms with E-state index >= 15 is 0 Å². The first-order valence-electron chi connectivity index (χ1n) is 7.84. The molecule has 24 heavy (non-hydrogen) atoms. The Morgan fingerprint density at radius 1 is 1.00 bits per heavy atom. The second-order valence-electron chi connectivity index (χ2n) is 5.86. The summed E-state index contributed by atoms with van der Waals surface area (Å²) in [6, 6.07) is 14.2. The number of aromatic nitrogens is 3. The Morgan fingerprint density at radius 3 is 2.46 bits per heavy atom. The smallest absolute Gasteiger partial charge is 0.275 e. The van der Waals surface area contributed by atoms with Crippen LogP contribution in [0.1, 0.15) is 16.3 Å². The van der Waals surface area contributed by atoms with Crippen molar-refractivity contribution in [3.8, 4) is 0 Å². The van der Waals surface area contributed by atoms with E-state index in [1.807, 2.05) is 59.6 Å². The van der Waals surface area contributed by atoms with Crippen LogP contribution in [-0.2, 0) is 13.1 Å². The number of thiazole rings is 1. The second kappa shape index (κ2) is 6.09. The molecular weight excluding hydrogens is 318 g/mol. The minimum Gasteiger partial charge on any atom is -0.339 e. The van der Waals surface area contributed by atoms with Gasteiger partial charge >= 0.3 is 0 Å². The SMILES string of the molecule is Cc1csc(Cn2ccc3ccn(Cc4ccccc4)c3c2=O)n1. The normalized spacial score (nSPS) is 11.2. The van der Waals surface area contributed by atoms with Gasteiger partial charge in [0.05, 0.1) is 6.54 Å². The van der Waals surface area contributed by atoms with Crippen LogP contribution in [0.5, 0.6) is 0 Å². The first-order valence-corrected chi connectivity index (χ1v) is 8.72. The van der Waals surface area contributed by atoms with Gasteiger partial charge in [0.25, 0.3) is 5.56 Å². The van der Waals surface area contributed by atoms with Crippen molar-refractivity contribution >= 4 is 22.2 Å². The van der Waals surface area contributed by atoms with E-state index in [-0.39, 0.29) is 5.56 Å². The van der Waals surface area contributed by atoms with Crippen LogP contribution in [0.15, 0.2) is 65.0 Å². The summed E-state index contributed by atoms with van der Waals surface area (Å²) < 4.78 is 3.76. The van der Waals surface area contributed by atoms with Crippen LogP contribution in [0.25, 0.3) is 10.9 Å². The Morgan fingerprint density at radius 2 is 1.75 bits per heavy atom. The number of nitrogens with zero attached hydrogens (tertiary/aromatic N) is 3. The molecule has 0 saturated carbocycles. The van der Waals surface area contributed by atoms with Crippen LogP contribution in [0.3, 0.4) is 0 Å². The van der Waals surface area contributed by atoms with Crippen molar-refractivity contribution in [3.63, 3.8) is 0 Å². The molecule has 0 fully saturated rings. The van der Waals surface area contributed by atoms with Gasteiger partial charge in [-0.2, -0.15) is 0 Å². The predicted molar refractivity (Wildman–Crippen MR) is 97.7 cm³/mol. The molecule has 4 rings (SSSR count). The highest BCUT2D eigenvalue weighted by molar-refractivity contribution is 7.09. The van der Waals surface area contributed by atoms with E-state index in [4.69, 9.17) is 0 Å². The van der Waals surface area contributed by atoms with Gasteiger partial charge in [-0.1, -0.05) is 30.3 Å². The molecule has 0 saturated heterocycles. The topological polar surface area (TPSA) is 39.8 Å². The maximum atomic E-state index is 12.9. The molecule has 0 N–H and O–H groups in total. The number of hydrogen-bond donors (Lipinski definition) is 0. The summed E-state index contributed by atoms with van der Waals surface area (Å²) >= 11 is 1.59. The van der Waals surface area contributed by atoms with Crippen LogP contribution in [0.4, 0.5) is 0 Å². The van der Waals surface area contributed by atoms with Crippen LogP contribution in [0.2, 0.25) is 0 Å². The number of benzene rings is 1. The minimum absolute atomic E-state index is 0.0290. The highest BCUT2D eigenvalue weighted by atomic mass is 32.1. The molecule has 0 amide bonds. The average Bonchev–Trinajstić information content (AvgIpc) is 3.18. The molecule has 1 aromatic carbocycles. The fraction of sp³-hybridized carbons (Fsp3) is 0.158. The number of hydrogen-bond acceptors (Lipinski definition) is 3.